The molecule has 0 N–H and O–H groups in total. The molecule has 0 radical (unpaired) electrons. The second-order valence-corrected chi connectivity index (χ2v) is 7.71. The Morgan fingerprint density at radius 1 is 1.23 bits per heavy atom. The van der Waals surface area contributed by atoms with Crippen LogP contribution in [0.4, 0.5) is 4.39 Å². The molecule has 1 aliphatic carbocycles. The van der Waals surface area contributed by atoms with Crippen molar-refractivity contribution in [2.75, 3.05) is 26.7 Å². The summed E-state index contributed by atoms with van der Waals surface area (Å²) < 4.78 is 14.1. The van der Waals surface area contributed by atoms with Gasteiger partial charge in [-0.05, 0) is 61.3 Å². The monoisotopic (exact) mass is 302 g/mol. The number of benzene rings is 1. The first-order valence-corrected chi connectivity index (χ1v) is 8.84. The van der Waals surface area contributed by atoms with E-state index in [1.165, 1.54) is 31.6 Å². The second kappa shape index (κ2) is 5.61. The minimum atomic E-state index is -0.00209. The third-order valence-electron chi connectivity index (χ3n) is 6.37. The summed E-state index contributed by atoms with van der Waals surface area (Å²) in [5, 5.41) is 0. The van der Waals surface area contributed by atoms with E-state index < -0.39 is 0 Å². The van der Waals surface area contributed by atoms with E-state index in [0.717, 1.165) is 42.7 Å². The maximum atomic E-state index is 14.1. The molecule has 4 rings (SSSR count). The van der Waals surface area contributed by atoms with Crippen molar-refractivity contribution >= 4 is 0 Å². The first kappa shape index (κ1) is 14.6. The predicted octanol–water partition coefficient (Wildman–Crippen LogP) is 3.16. The van der Waals surface area contributed by atoms with Crippen LogP contribution in [0.25, 0.3) is 0 Å². The molecule has 2 nitrogen and oxygen atoms in total. The molecule has 0 spiro atoms. The number of hydrogen-bond donors (Lipinski definition) is 0. The van der Waals surface area contributed by atoms with Gasteiger partial charge in [-0.2, -0.15) is 0 Å². The number of hydrogen-bond acceptors (Lipinski definition) is 2. The van der Waals surface area contributed by atoms with Crippen LogP contribution in [-0.4, -0.2) is 42.5 Å². The first-order chi connectivity index (χ1) is 10.7. The third-order valence-corrected chi connectivity index (χ3v) is 6.37. The molecule has 3 heteroatoms. The maximum absolute atomic E-state index is 14.1. The van der Waals surface area contributed by atoms with Crippen molar-refractivity contribution < 1.29 is 4.39 Å². The molecule has 1 aromatic carbocycles. The van der Waals surface area contributed by atoms with Crippen LogP contribution in [0.15, 0.2) is 18.2 Å². The standard InChI is InChI=1S/C19H27FN2/c1-3-16-8-17-13(5-4-6-19(17)20)11-22(16)12-18-14-7-15(18)10-21(2)9-14/h4-6,14-16,18H,3,7-12H2,1-2H3/t14?,15?,16-,18?/m0/s1. The van der Waals surface area contributed by atoms with E-state index >= 15 is 0 Å². The van der Waals surface area contributed by atoms with Crippen LogP contribution in [0, 0.1) is 23.6 Å². The zero-order valence-electron chi connectivity index (χ0n) is 13.8. The van der Waals surface area contributed by atoms with Gasteiger partial charge >= 0.3 is 0 Å². The van der Waals surface area contributed by atoms with Gasteiger partial charge in [0.25, 0.3) is 0 Å². The fourth-order valence-electron chi connectivity index (χ4n) is 5.10. The van der Waals surface area contributed by atoms with Crippen LogP contribution >= 0.6 is 0 Å². The Morgan fingerprint density at radius 3 is 2.73 bits per heavy atom. The second-order valence-electron chi connectivity index (χ2n) is 7.71. The van der Waals surface area contributed by atoms with E-state index in [9.17, 15) is 4.39 Å². The summed E-state index contributed by atoms with van der Waals surface area (Å²) in [6.07, 6.45) is 3.45. The SMILES string of the molecule is CC[C@H]1Cc2c(F)cccc2CN1CC1C2CC1CN(C)C2. The van der Waals surface area contributed by atoms with Crippen molar-refractivity contribution in [3.05, 3.63) is 35.1 Å². The summed E-state index contributed by atoms with van der Waals surface area (Å²) in [5.74, 6) is 2.67. The molecule has 2 aliphatic heterocycles. The predicted molar refractivity (Wildman–Crippen MR) is 87.2 cm³/mol. The van der Waals surface area contributed by atoms with Crippen LogP contribution in [0.3, 0.4) is 0 Å². The Balaban J connectivity index is 1.50. The highest BCUT2D eigenvalue weighted by Gasteiger charge is 2.46. The lowest BCUT2D eigenvalue weighted by molar-refractivity contribution is -0.0572. The first-order valence-electron chi connectivity index (χ1n) is 8.84. The van der Waals surface area contributed by atoms with Gasteiger partial charge in [0, 0.05) is 32.2 Å². The number of likely N-dealkylation sites (tertiary alicyclic amines) is 1. The Bertz CT molecular complexity index is 546. The van der Waals surface area contributed by atoms with E-state index in [0.29, 0.717) is 6.04 Å². The average molecular weight is 302 g/mol. The van der Waals surface area contributed by atoms with Crippen molar-refractivity contribution in [1.29, 1.82) is 0 Å². The molecule has 3 atom stereocenters. The highest BCUT2D eigenvalue weighted by Crippen LogP contribution is 2.46. The summed E-state index contributed by atoms with van der Waals surface area (Å²) in [6, 6.07) is 6.12. The van der Waals surface area contributed by atoms with Gasteiger partial charge in [0.15, 0.2) is 0 Å². The summed E-state index contributed by atoms with van der Waals surface area (Å²) in [6.45, 7) is 6.96. The van der Waals surface area contributed by atoms with E-state index in [2.05, 4.69) is 29.8 Å². The number of piperidine rings is 2. The number of nitrogens with zero attached hydrogens (tertiary/aromatic N) is 2. The van der Waals surface area contributed by atoms with Crippen molar-refractivity contribution in [2.24, 2.45) is 17.8 Å². The van der Waals surface area contributed by atoms with E-state index in [1.54, 1.807) is 6.07 Å². The van der Waals surface area contributed by atoms with Crippen LogP contribution in [-0.2, 0) is 13.0 Å². The van der Waals surface area contributed by atoms with Crippen molar-refractivity contribution in [3.8, 4) is 0 Å². The maximum Gasteiger partial charge on any atom is 0.126 e. The molecular formula is C19H27FN2. The molecule has 2 fully saturated rings. The number of rotatable bonds is 3. The van der Waals surface area contributed by atoms with Gasteiger partial charge in [0.05, 0.1) is 0 Å². The minimum Gasteiger partial charge on any atom is -0.306 e. The lowest BCUT2D eigenvalue weighted by Crippen LogP contribution is -2.58. The normalized spacial score (nSPS) is 35.0. The van der Waals surface area contributed by atoms with Crippen LogP contribution in [0.5, 0.6) is 0 Å². The molecule has 22 heavy (non-hydrogen) atoms. The fraction of sp³-hybridized carbons (Fsp3) is 0.684. The quantitative estimate of drug-likeness (QED) is 0.846. The fourth-order valence-corrected chi connectivity index (χ4v) is 5.10. The smallest absolute Gasteiger partial charge is 0.126 e. The Hall–Kier alpha value is -0.930. The van der Waals surface area contributed by atoms with Crippen LogP contribution in [0.1, 0.15) is 30.9 Å². The number of fused-ring (bicyclic) bond motifs is 3. The van der Waals surface area contributed by atoms with E-state index in [1.807, 2.05) is 6.07 Å². The molecular weight excluding hydrogens is 275 g/mol. The largest absolute Gasteiger partial charge is 0.306 e. The Labute approximate surface area is 133 Å². The van der Waals surface area contributed by atoms with Crippen molar-refractivity contribution in [1.82, 2.24) is 9.80 Å². The molecule has 3 aliphatic rings. The zero-order valence-corrected chi connectivity index (χ0v) is 13.8. The highest BCUT2D eigenvalue weighted by molar-refractivity contribution is 5.31. The summed E-state index contributed by atoms with van der Waals surface area (Å²) >= 11 is 0. The third kappa shape index (κ3) is 2.39. The van der Waals surface area contributed by atoms with Gasteiger partial charge in [0.2, 0.25) is 0 Å². The van der Waals surface area contributed by atoms with Gasteiger partial charge in [-0.15, -0.1) is 0 Å². The van der Waals surface area contributed by atoms with Crippen molar-refractivity contribution in [2.45, 2.75) is 38.8 Å². The zero-order chi connectivity index (χ0) is 15.3. The topological polar surface area (TPSA) is 6.48 Å². The molecule has 1 saturated heterocycles. The minimum absolute atomic E-state index is 0.00209. The number of halogens is 1. The Kier molecular flexibility index (Phi) is 3.74. The molecule has 2 bridgehead atoms. The summed E-state index contributed by atoms with van der Waals surface area (Å²) in [4.78, 5) is 5.14. The molecule has 1 aromatic rings. The van der Waals surface area contributed by atoms with Gasteiger partial charge in [-0.1, -0.05) is 19.1 Å². The van der Waals surface area contributed by atoms with Gasteiger partial charge in [0.1, 0.15) is 5.82 Å². The lowest BCUT2D eigenvalue weighted by atomic mass is 9.61. The highest BCUT2D eigenvalue weighted by atomic mass is 19.1. The van der Waals surface area contributed by atoms with E-state index in [4.69, 9.17) is 0 Å². The molecule has 120 valence electrons. The lowest BCUT2D eigenvalue weighted by Gasteiger charge is -2.55. The van der Waals surface area contributed by atoms with Gasteiger partial charge in [-0.25, -0.2) is 4.39 Å². The Morgan fingerprint density at radius 2 is 2.00 bits per heavy atom. The molecule has 2 heterocycles. The van der Waals surface area contributed by atoms with Crippen molar-refractivity contribution in [3.63, 3.8) is 0 Å². The molecule has 2 unspecified atom stereocenters. The summed E-state index contributed by atoms with van der Waals surface area (Å²) in [7, 11) is 2.25. The molecule has 1 saturated carbocycles. The average Bonchev–Trinajstić information content (AvgIpc) is 2.52. The van der Waals surface area contributed by atoms with Crippen LogP contribution < -0.4 is 0 Å². The summed E-state index contributed by atoms with van der Waals surface area (Å²) in [5.41, 5.74) is 2.19. The van der Waals surface area contributed by atoms with Gasteiger partial charge < -0.3 is 4.90 Å². The molecule has 0 amide bonds. The molecule has 0 aromatic heterocycles. The van der Waals surface area contributed by atoms with Crippen LogP contribution in [0.2, 0.25) is 0 Å². The van der Waals surface area contributed by atoms with E-state index in [-0.39, 0.29) is 5.82 Å². The van der Waals surface area contributed by atoms with Gasteiger partial charge in [-0.3, -0.25) is 4.90 Å².